The van der Waals surface area contributed by atoms with Crippen LogP contribution in [0, 0.1) is 18.7 Å². The first-order valence-electron chi connectivity index (χ1n) is 13.4. The fourth-order valence-corrected chi connectivity index (χ4v) is 5.26. The molecule has 1 fully saturated rings. The van der Waals surface area contributed by atoms with Gasteiger partial charge in [-0.15, -0.1) is 0 Å². The Bertz CT molecular complexity index is 1740. The Morgan fingerprint density at radius 2 is 1.77 bits per heavy atom. The van der Waals surface area contributed by atoms with Gasteiger partial charge in [0.25, 0.3) is 0 Å². The van der Waals surface area contributed by atoms with Crippen LogP contribution in [-0.4, -0.2) is 59.3 Å². The number of likely N-dealkylation sites (tertiary alicyclic amines) is 1. The molecule has 10 nitrogen and oxygen atoms in total. The van der Waals surface area contributed by atoms with Crippen LogP contribution in [0.5, 0.6) is 0 Å². The van der Waals surface area contributed by atoms with Crippen molar-refractivity contribution >= 4 is 34.2 Å². The van der Waals surface area contributed by atoms with Crippen LogP contribution in [0.15, 0.2) is 42.9 Å². The molecule has 3 aromatic heterocycles. The highest BCUT2D eigenvalue weighted by Crippen LogP contribution is 2.35. The number of alkyl halides is 3. The average molecular weight is 598 g/mol. The lowest BCUT2D eigenvalue weighted by molar-refractivity contribution is -0.140. The maximum Gasteiger partial charge on any atom is 0.419 e. The molecule has 224 valence electrons. The summed E-state index contributed by atoms with van der Waals surface area (Å²) in [5, 5.41) is 7.06. The summed E-state index contributed by atoms with van der Waals surface area (Å²) in [7, 11) is 0. The molecule has 0 saturated carbocycles. The maximum absolute atomic E-state index is 14.6. The molecule has 0 bridgehead atoms. The molecular formula is C29H27F4N7O3. The summed E-state index contributed by atoms with van der Waals surface area (Å²) >= 11 is 0. The molecule has 0 unspecified atom stereocenters. The monoisotopic (exact) mass is 597 g/mol. The van der Waals surface area contributed by atoms with E-state index in [0.29, 0.717) is 34.1 Å². The van der Waals surface area contributed by atoms with E-state index in [1.807, 2.05) is 6.92 Å². The highest BCUT2D eigenvalue weighted by Gasteiger charge is 2.43. The smallest absolute Gasteiger partial charge is 0.326 e. The molecule has 3 atom stereocenters. The number of benzene rings is 1. The van der Waals surface area contributed by atoms with E-state index < -0.39 is 47.1 Å². The van der Waals surface area contributed by atoms with Gasteiger partial charge >= 0.3 is 6.18 Å². The number of fused-ring (bicyclic) bond motifs is 1. The van der Waals surface area contributed by atoms with Crippen molar-refractivity contribution in [2.45, 2.75) is 58.9 Å². The number of nitrogens with one attached hydrogen (secondary N) is 1. The van der Waals surface area contributed by atoms with Gasteiger partial charge in [-0.3, -0.25) is 24.0 Å². The van der Waals surface area contributed by atoms with Crippen molar-refractivity contribution in [1.82, 2.24) is 29.6 Å². The molecule has 1 saturated heterocycles. The van der Waals surface area contributed by atoms with Crippen LogP contribution in [0.1, 0.15) is 49.1 Å². The van der Waals surface area contributed by atoms with Crippen molar-refractivity contribution < 1.29 is 31.9 Å². The molecule has 0 spiro atoms. The number of amides is 2. The van der Waals surface area contributed by atoms with Crippen LogP contribution in [0.2, 0.25) is 0 Å². The summed E-state index contributed by atoms with van der Waals surface area (Å²) in [6, 6.07) is 2.76. The third kappa shape index (κ3) is 5.68. The second-order valence-electron chi connectivity index (χ2n) is 10.6. The van der Waals surface area contributed by atoms with Crippen molar-refractivity contribution in [3.8, 4) is 11.3 Å². The van der Waals surface area contributed by atoms with Gasteiger partial charge < -0.3 is 10.2 Å². The fourth-order valence-electron chi connectivity index (χ4n) is 5.26. The fraction of sp³-hybridized carbons (Fsp3) is 0.345. The van der Waals surface area contributed by atoms with Gasteiger partial charge in [0.05, 0.1) is 28.7 Å². The van der Waals surface area contributed by atoms with Crippen molar-refractivity contribution in [3.05, 3.63) is 65.8 Å². The molecule has 0 aliphatic carbocycles. The molecule has 1 aliphatic heterocycles. The van der Waals surface area contributed by atoms with Gasteiger partial charge in [-0.25, -0.2) is 14.4 Å². The first-order valence-corrected chi connectivity index (χ1v) is 13.4. The number of pyridine rings is 1. The number of anilines is 1. The van der Waals surface area contributed by atoms with Crippen molar-refractivity contribution in [2.75, 3.05) is 5.32 Å². The van der Waals surface area contributed by atoms with E-state index in [4.69, 9.17) is 0 Å². The Hall–Kier alpha value is -4.75. The Morgan fingerprint density at radius 3 is 2.42 bits per heavy atom. The number of aryl methyl sites for hydroxylation is 1. The number of carbonyl (C=O) groups excluding carboxylic acids is 3. The van der Waals surface area contributed by atoms with Crippen LogP contribution in [0.3, 0.4) is 0 Å². The van der Waals surface area contributed by atoms with Gasteiger partial charge in [-0.05, 0) is 44.4 Å². The number of rotatable bonds is 6. The lowest BCUT2D eigenvalue weighted by Gasteiger charge is -2.28. The van der Waals surface area contributed by atoms with Gasteiger partial charge in [0.15, 0.2) is 11.6 Å². The summed E-state index contributed by atoms with van der Waals surface area (Å²) in [6.45, 7) is 6.33. The minimum absolute atomic E-state index is 0.122. The van der Waals surface area contributed by atoms with Crippen molar-refractivity contribution in [1.29, 1.82) is 0 Å². The highest BCUT2D eigenvalue weighted by molar-refractivity contribution is 6.05. The Balaban J connectivity index is 1.43. The molecule has 1 N–H and O–H groups in total. The number of carbonyl (C=O) groups is 3. The van der Waals surface area contributed by atoms with Gasteiger partial charge in [0, 0.05) is 36.3 Å². The molecule has 2 amide bonds. The summed E-state index contributed by atoms with van der Waals surface area (Å²) in [6.07, 6.45) is -0.0538. The van der Waals surface area contributed by atoms with E-state index in [2.05, 4.69) is 25.4 Å². The predicted molar refractivity (Wildman–Crippen MR) is 147 cm³/mol. The number of hydrogen-bond acceptors (Lipinski definition) is 7. The zero-order valence-electron chi connectivity index (χ0n) is 23.6. The molecule has 43 heavy (non-hydrogen) atoms. The highest BCUT2D eigenvalue weighted by atomic mass is 19.4. The first kappa shape index (κ1) is 29.7. The molecule has 5 rings (SSSR count). The number of nitrogens with zero attached hydrogens (tertiary/aromatic N) is 6. The number of aromatic nitrogens is 5. The SMILES string of the molecule is CC(=O)c1nn(CC(=O)N2[C@H](C)[C@@H](C)C[C@H]2C(=O)Nc2cccc(C(F)(F)F)c2F)c2cnc(-c3cnc(C)nc3)cc12. The van der Waals surface area contributed by atoms with Crippen LogP contribution >= 0.6 is 0 Å². The maximum atomic E-state index is 14.6. The van der Waals surface area contributed by atoms with Gasteiger partial charge in [0.1, 0.15) is 24.1 Å². The standard InChI is InChI=1S/C29H27F4N7O3/c1-14-8-23(28(43)37-21-7-5-6-20(26(21)30)29(31,32)33)40(15(14)2)25(42)13-39-24-12-36-22(18-10-34-17(4)35-11-18)9-19(24)27(38-39)16(3)41/h5-7,9-12,14-15,23H,8,13H2,1-4H3,(H,37,43)/t14-,15+,23-/m0/s1. The number of hydrogen-bond donors (Lipinski definition) is 1. The van der Waals surface area contributed by atoms with Gasteiger partial charge in [0.2, 0.25) is 11.8 Å². The minimum Gasteiger partial charge on any atom is -0.326 e. The molecule has 14 heteroatoms. The summed E-state index contributed by atoms with van der Waals surface area (Å²) in [4.78, 5) is 53.5. The zero-order valence-corrected chi connectivity index (χ0v) is 23.6. The number of Topliss-reactive ketones (excluding diaryl/α,β-unsaturated/α-hetero) is 1. The van der Waals surface area contributed by atoms with Gasteiger partial charge in [-0.2, -0.15) is 18.3 Å². The lowest BCUT2D eigenvalue weighted by atomic mass is 10.0. The minimum atomic E-state index is -4.95. The third-order valence-corrected chi connectivity index (χ3v) is 7.68. The average Bonchev–Trinajstić information content (AvgIpc) is 3.46. The topological polar surface area (TPSA) is 123 Å². The third-order valence-electron chi connectivity index (χ3n) is 7.68. The Labute approximate surface area is 243 Å². The molecule has 0 radical (unpaired) electrons. The van der Waals surface area contributed by atoms with E-state index in [1.165, 1.54) is 22.7 Å². The number of halogens is 4. The Morgan fingerprint density at radius 1 is 1.07 bits per heavy atom. The second-order valence-corrected chi connectivity index (χ2v) is 10.6. The largest absolute Gasteiger partial charge is 0.419 e. The van der Waals surface area contributed by atoms with Crippen LogP contribution in [-0.2, 0) is 22.3 Å². The lowest BCUT2D eigenvalue weighted by Crippen LogP contribution is -2.47. The van der Waals surface area contributed by atoms with E-state index >= 15 is 0 Å². The molecular weight excluding hydrogens is 570 g/mol. The second kappa shape index (κ2) is 11.2. The van der Waals surface area contributed by atoms with Crippen molar-refractivity contribution in [3.63, 3.8) is 0 Å². The van der Waals surface area contributed by atoms with E-state index in [0.717, 1.165) is 12.1 Å². The zero-order chi connectivity index (χ0) is 31.2. The Kier molecular flexibility index (Phi) is 7.71. The van der Waals surface area contributed by atoms with E-state index in [1.54, 1.807) is 32.3 Å². The first-order chi connectivity index (χ1) is 20.3. The van der Waals surface area contributed by atoms with Crippen LogP contribution < -0.4 is 5.32 Å². The quantitative estimate of drug-likeness (QED) is 0.250. The van der Waals surface area contributed by atoms with Crippen molar-refractivity contribution in [2.24, 2.45) is 5.92 Å². The van der Waals surface area contributed by atoms with E-state index in [-0.39, 0.29) is 30.4 Å². The summed E-state index contributed by atoms with van der Waals surface area (Å²) < 4.78 is 55.5. The normalized spacial score (nSPS) is 18.7. The number of ketones is 1. The summed E-state index contributed by atoms with van der Waals surface area (Å²) in [5.74, 6) is -2.84. The van der Waals surface area contributed by atoms with Crippen LogP contribution in [0.4, 0.5) is 23.2 Å². The molecule has 4 heterocycles. The predicted octanol–water partition coefficient (Wildman–Crippen LogP) is 4.82. The molecule has 1 aliphatic rings. The molecule has 4 aromatic rings. The molecule has 1 aromatic carbocycles. The van der Waals surface area contributed by atoms with Crippen LogP contribution in [0.25, 0.3) is 22.2 Å². The van der Waals surface area contributed by atoms with Gasteiger partial charge in [-0.1, -0.05) is 13.0 Å². The van der Waals surface area contributed by atoms with E-state index in [9.17, 15) is 31.9 Å². The summed E-state index contributed by atoms with van der Waals surface area (Å²) in [5.41, 5.74) is -0.494.